The van der Waals surface area contributed by atoms with Gasteiger partial charge in [0, 0.05) is 33.6 Å². The molecule has 58 heavy (non-hydrogen) atoms. The molecule has 0 radical (unpaired) electrons. The molecule has 4 aliphatic rings. The molecule has 4 aliphatic heterocycles. The molecule has 0 amide bonds. The van der Waals surface area contributed by atoms with Crippen LogP contribution in [-0.2, 0) is 16.2 Å². The summed E-state index contributed by atoms with van der Waals surface area (Å²) in [5.74, 6) is 0. The van der Waals surface area contributed by atoms with Crippen molar-refractivity contribution in [3.05, 3.63) is 233 Å². The van der Waals surface area contributed by atoms with Gasteiger partial charge in [-0.15, -0.1) is 0 Å². The Hall–Kier alpha value is -6.58. The molecule has 0 atom stereocenters. The maximum absolute atomic E-state index is 2.51. The summed E-state index contributed by atoms with van der Waals surface area (Å²) in [6.07, 6.45) is 0. The Morgan fingerprint density at radius 1 is 0.345 bits per heavy atom. The van der Waals surface area contributed by atoms with Gasteiger partial charge in [0.2, 0.25) is 6.71 Å². The van der Waals surface area contributed by atoms with E-state index in [1.807, 2.05) is 0 Å². The summed E-state index contributed by atoms with van der Waals surface area (Å²) < 4.78 is 0. The third kappa shape index (κ3) is 4.13. The lowest BCUT2D eigenvalue weighted by molar-refractivity contribution is 0.613. The van der Waals surface area contributed by atoms with Crippen molar-refractivity contribution in [2.75, 3.05) is 9.80 Å². The molecule has 3 heteroatoms. The van der Waals surface area contributed by atoms with E-state index in [0.717, 1.165) is 22.7 Å². The number of anilines is 6. The Labute approximate surface area is 342 Å². The predicted molar refractivity (Wildman–Crippen MR) is 243 cm³/mol. The smallest absolute Gasteiger partial charge is 0.243 e. The van der Waals surface area contributed by atoms with Crippen LogP contribution in [0, 0.1) is 0 Å². The van der Waals surface area contributed by atoms with Crippen molar-refractivity contribution in [2.45, 2.75) is 43.9 Å². The highest BCUT2D eigenvalue weighted by Gasteiger charge is 2.58. The number of para-hydroxylation sites is 4. The Balaban J connectivity index is 1.12. The van der Waals surface area contributed by atoms with E-state index in [4.69, 9.17) is 0 Å². The Bertz CT molecular complexity index is 2790. The van der Waals surface area contributed by atoms with Crippen molar-refractivity contribution >= 4 is 57.2 Å². The summed E-state index contributed by atoms with van der Waals surface area (Å²) >= 11 is 0. The highest BCUT2D eigenvalue weighted by Crippen LogP contribution is 2.59. The van der Waals surface area contributed by atoms with Crippen LogP contribution in [0.5, 0.6) is 0 Å². The molecule has 0 saturated carbocycles. The summed E-state index contributed by atoms with van der Waals surface area (Å²) in [5, 5.41) is 0. The molecule has 0 aliphatic carbocycles. The van der Waals surface area contributed by atoms with Gasteiger partial charge in [-0.3, -0.25) is 0 Å². The number of hydrogen-bond donors (Lipinski definition) is 0. The third-order valence-electron chi connectivity index (χ3n) is 14.2. The van der Waals surface area contributed by atoms with Crippen molar-refractivity contribution in [1.82, 2.24) is 0 Å². The quantitative estimate of drug-likeness (QED) is 0.166. The fraction of sp³-hybridized carbons (Fsp3) is 0.127. The fourth-order valence-corrected chi connectivity index (χ4v) is 11.8. The fourth-order valence-electron chi connectivity index (χ4n) is 11.8. The lowest BCUT2D eigenvalue weighted by atomic mass is 9.23. The maximum atomic E-state index is 2.51. The average molecular weight is 743 g/mol. The first-order chi connectivity index (χ1) is 28.3. The molecule has 0 bridgehead atoms. The molecule has 0 aromatic heterocycles. The largest absolute Gasteiger partial charge is 0.311 e. The molecule has 2 nitrogen and oxygen atoms in total. The highest BCUT2D eigenvalue weighted by atomic mass is 15.2. The molecular weight excluding hydrogens is 699 g/mol. The van der Waals surface area contributed by atoms with Gasteiger partial charge in [-0.1, -0.05) is 171 Å². The number of fused-ring (bicyclic) bond motifs is 6. The van der Waals surface area contributed by atoms with E-state index in [2.05, 4.69) is 226 Å². The second-order valence-corrected chi connectivity index (χ2v) is 17.6. The monoisotopic (exact) mass is 742 g/mol. The summed E-state index contributed by atoms with van der Waals surface area (Å²) in [4.78, 5) is 4.84. The molecule has 8 aromatic rings. The van der Waals surface area contributed by atoms with Gasteiger partial charge in [0.15, 0.2) is 0 Å². The molecule has 0 N–H and O–H groups in total. The van der Waals surface area contributed by atoms with Gasteiger partial charge < -0.3 is 9.80 Å². The van der Waals surface area contributed by atoms with Crippen LogP contribution in [0.1, 0.15) is 72.2 Å². The van der Waals surface area contributed by atoms with Gasteiger partial charge in [0.25, 0.3) is 0 Å². The highest BCUT2D eigenvalue weighted by molar-refractivity contribution is 6.98. The van der Waals surface area contributed by atoms with Crippen molar-refractivity contribution < 1.29 is 0 Å². The zero-order valence-electron chi connectivity index (χ0n) is 33.4. The number of nitrogens with zero attached hydrogens (tertiary/aromatic N) is 2. The molecule has 8 aromatic carbocycles. The Kier molecular flexibility index (Phi) is 6.79. The van der Waals surface area contributed by atoms with Crippen LogP contribution in [0.2, 0.25) is 0 Å². The van der Waals surface area contributed by atoms with E-state index in [1.54, 1.807) is 0 Å². The van der Waals surface area contributed by atoms with Crippen molar-refractivity contribution in [1.29, 1.82) is 0 Å². The van der Waals surface area contributed by atoms with Gasteiger partial charge in [-0.2, -0.15) is 0 Å². The predicted octanol–water partition coefficient (Wildman–Crippen LogP) is 11.4. The van der Waals surface area contributed by atoms with Crippen LogP contribution in [0.3, 0.4) is 0 Å². The van der Waals surface area contributed by atoms with Crippen molar-refractivity contribution in [3.63, 3.8) is 0 Å². The first kappa shape index (κ1) is 33.6. The van der Waals surface area contributed by atoms with E-state index >= 15 is 0 Å². The molecule has 0 saturated heterocycles. The second-order valence-electron chi connectivity index (χ2n) is 17.6. The lowest BCUT2D eigenvalue weighted by Gasteiger charge is -2.56. The minimum absolute atomic E-state index is 0.150. The Morgan fingerprint density at radius 3 is 1.14 bits per heavy atom. The zero-order chi connectivity index (χ0) is 39.0. The van der Waals surface area contributed by atoms with Crippen molar-refractivity contribution in [3.8, 4) is 0 Å². The van der Waals surface area contributed by atoms with Gasteiger partial charge in [0.05, 0.1) is 16.8 Å². The van der Waals surface area contributed by atoms with E-state index in [-0.39, 0.29) is 17.5 Å². The first-order valence-corrected chi connectivity index (χ1v) is 20.7. The molecule has 276 valence electrons. The molecule has 12 rings (SSSR count). The minimum atomic E-state index is -0.524. The van der Waals surface area contributed by atoms with E-state index in [0.29, 0.717) is 0 Å². The van der Waals surface area contributed by atoms with Crippen molar-refractivity contribution in [2.24, 2.45) is 0 Å². The number of rotatable bonds is 4. The summed E-state index contributed by atoms with van der Waals surface area (Å²) in [6.45, 7) is 10.0. The third-order valence-corrected chi connectivity index (χ3v) is 14.2. The van der Waals surface area contributed by atoms with E-state index < -0.39 is 5.41 Å². The number of benzene rings is 8. The number of hydrogen-bond acceptors (Lipinski definition) is 2. The van der Waals surface area contributed by atoms with Crippen LogP contribution < -0.4 is 26.2 Å². The van der Waals surface area contributed by atoms with Gasteiger partial charge in [-0.05, 0) is 105 Å². The molecular formula is C55H43BN2. The molecule has 0 unspecified atom stereocenters. The molecule has 0 fully saturated rings. The topological polar surface area (TPSA) is 6.48 Å². The standard InChI is InChI=1S/C55H43BN2/c1-53(2)42-24-15-25-43-50(42)56-51-44(53)26-16-28-46(51)55(47-29-17-27-45(52(47)56)54(43,3)4)40-22-11-13-30-48(40)58(49-31-14-12-23-41(49)55)39-34-32-38(33-35-39)57(36-18-7-5-8-19-36)37-20-9-6-10-21-37/h5-35H,1-4H3. The van der Waals surface area contributed by atoms with Crippen LogP contribution in [-0.4, -0.2) is 6.71 Å². The zero-order valence-corrected chi connectivity index (χ0v) is 33.4. The van der Waals surface area contributed by atoms with Crippen LogP contribution in [0.4, 0.5) is 34.1 Å². The first-order valence-electron chi connectivity index (χ1n) is 20.7. The maximum Gasteiger partial charge on any atom is 0.243 e. The van der Waals surface area contributed by atoms with E-state index in [1.165, 1.54) is 72.3 Å². The summed E-state index contributed by atoms with van der Waals surface area (Å²) in [6, 6.07) is 70.5. The SMILES string of the molecule is CC1(C)c2cccc3c2B2c4c1cccc4C1(c4ccccc4N(c4ccc(N(c5ccccc5)c5ccccc5)cc4)c4ccccc41)c1cccc(c12)C3(C)C. The lowest BCUT2D eigenvalue weighted by Crippen LogP contribution is -2.72. The minimum Gasteiger partial charge on any atom is -0.311 e. The van der Waals surface area contributed by atoms with Crippen LogP contribution in [0.25, 0.3) is 0 Å². The van der Waals surface area contributed by atoms with Crippen LogP contribution in [0.15, 0.2) is 188 Å². The second kappa shape index (κ2) is 11.7. The summed E-state index contributed by atoms with van der Waals surface area (Å²) in [5.41, 5.74) is 22.0. The average Bonchev–Trinajstić information content (AvgIpc) is 3.26. The molecule has 4 heterocycles. The van der Waals surface area contributed by atoms with Gasteiger partial charge >= 0.3 is 0 Å². The van der Waals surface area contributed by atoms with E-state index in [9.17, 15) is 0 Å². The summed E-state index contributed by atoms with van der Waals surface area (Å²) in [7, 11) is 0. The van der Waals surface area contributed by atoms with Crippen LogP contribution >= 0.6 is 0 Å². The van der Waals surface area contributed by atoms with Gasteiger partial charge in [0.1, 0.15) is 0 Å². The molecule has 1 spiro atoms. The Morgan fingerprint density at radius 2 is 0.690 bits per heavy atom. The normalized spacial score (nSPS) is 16.3. The van der Waals surface area contributed by atoms with Gasteiger partial charge in [-0.25, -0.2) is 0 Å².